The first-order valence-electron chi connectivity index (χ1n) is 15.5. The number of carbonyl (C=O) groups is 2. The van der Waals surface area contributed by atoms with E-state index >= 15 is 0 Å². The van der Waals surface area contributed by atoms with Crippen LogP contribution in [0.25, 0.3) is 0 Å². The summed E-state index contributed by atoms with van der Waals surface area (Å²) in [5.74, 6) is 1.20. The van der Waals surface area contributed by atoms with Crippen LogP contribution in [0.5, 0.6) is 5.75 Å². The third-order valence-corrected chi connectivity index (χ3v) is 9.93. The SMILES string of the molecule is O=C1CCCC1Cc1ccc(C2(C(=O)N3CCC(c4ccccc4)C(COc4ccc(C(F)(F)F)cc4)C3)CCC2)cc1. The number of hydrogen-bond acceptors (Lipinski definition) is 3. The van der Waals surface area contributed by atoms with Crippen molar-refractivity contribution in [1.29, 1.82) is 0 Å². The minimum atomic E-state index is -4.39. The molecule has 7 heteroatoms. The number of carbonyl (C=O) groups excluding carboxylic acids is 2. The summed E-state index contributed by atoms with van der Waals surface area (Å²) in [7, 11) is 0. The van der Waals surface area contributed by atoms with Gasteiger partial charge in [-0.25, -0.2) is 0 Å². The van der Waals surface area contributed by atoms with Crippen LogP contribution >= 0.6 is 0 Å². The molecular formula is C36H38F3NO3. The van der Waals surface area contributed by atoms with Gasteiger partial charge in [0.25, 0.3) is 0 Å². The van der Waals surface area contributed by atoms with Crippen LogP contribution in [0.2, 0.25) is 0 Å². The molecule has 4 nitrogen and oxygen atoms in total. The van der Waals surface area contributed by atoms with E-state index in [9.17, 15) is 22.8 Å². The van der Waals surface area contributed by atoms with Crippen molar-refractivity contribution < 1.29 is 27.5 Å². The van der Waals surface area contributed by atoms with E-state index < -0.39 is 17.2 Å². The van der Waals surface area contributed by atoms with Gasteiger partial charge in [0, 0.05) is 31.3 Å². The lowest BCUT2D eigenvalue weighted by Crippen LogP contribution is -2.55. The van der Waals surface area contributed by atoms with Crippen molar-refractivity contribution in [2.24, 2.45) is 11.8 Å². The summed E-state index contributed by atoms with van der Waals surface area (Å²) in [4.78, 5) is 28.4. The maximum absolute atomic E-state index is 14.2. The number of hydrogen-bond donors (Lipinski definition) is 0. The number of piperidine rings is 1. The van der Waals surface area contributed by atoms with E-state index in [0.717, 1.165) is 68.2 Å². The summed E-state index contributed by atoms with van der Waals surface area (Å²) >= 11 is 0. The molecule has 0 N–H and O–H groups in total. The standard InChI is InChI=1S/C36H38F3NO3/c37-36(38,39)30-14-16-31(17-15-30)43-24-28-23-40(21-18-32(28)26-6-2-1-3-7-26)34(42)35(19-5-20-35)29-12-10-25(11-13-29)22-27-8-4-9-33(27)41/h1-3,6-7,10-17,27-28,32H,4-5,8-9,18-24H2. The molecule has 3 atom stereocenters. The van der Waals surface area contributed by atoms with Gasteiger partial charge in [0.15, 0.2) is 0 Å². The normalized spacial score (nSPS) is 23.6. The second-order valence-electron chi connectivity index (χ2n) is 12.5. The Morgan fingerprint density at radius 2 is 1.63 bits per heavy atom. The van der Waals surface area contributed by atoms with Crippen molar-refractivity contribution in [2.75, 3.05) is 19.7 Å². The zero-order chi connectivity index (χ0) is 30.0. The Morgan fingerprint density at radius 3 is 2.23 bits per heavy atom. The minimum absolute atomic E-state index is 0.00848. The molecule has 1 saturated heterocycles. The number of rotatable bonds is 8. The molecule has 0 bridgehead atoms. The molecule has 0 radical (unpaired) electrons. The monoisotopic (exact) mass is 589 g/mol. The van der Waals surface area contributed by atoms with Crippen LogP contribution in [0.3, 0.4) is 0 Å². The van der Waals surface area contributed by atoms with E-state index in [2.05, 4.69) is 36.4 Å². The summed E-state index contributed by atoms with van der Waals surface area (Å²) in [6.07, 6.45) is 2.45. The van der Waals surface area contributed by atoms with Crippen molar-refractivity contribution in [3.05, 3.63) is 101 Å². The second kappa shape index (κ2) is 12.2. The minimum Gasteiger partial charge on any atom is -0.493 e. The van der Waals surface area contributed by atoms with E-state index in [4.69, 9.17) is 4.74 Å². The Labute approximate surface area is 251 Å². The molecule has 43 heavy (non-hydrogen) atoms. The molecule has 3 unspecified atom stereocenters. The van der Waals surface area contributed by atoms with Crippen molar-refractivity contribution in [3.8, 4) is 5.75 Å². The predicted octanol–water partition coefficient (Wildman–Crippen LogP) is 7.75. The number of likely N-dealkylation sites (tertiary alicyclic amines) is 1. The number of alkyl halides is 3. The van der Waals surface area contributed by atoms with Gasteiger partial charge in [0.05, 0.1) is 17.6 Å². The molecule has 0 aromatic heterocycles. The molecule has 3 aromatic rings. The molecule has 1 amide bonds. The highest BCUT2D eigenvalue weighted by molar-refractivity contribution is 5.89. The Balaban J connectivity index is 1.17. The van der Waals surface area contributed by atoms with Crippen molar-refractivity contribution in [2.45, 2.75) is 68.9 Å². The van der Waals surface area contributed by atoms with Crippen LogP contribution < -0.4 is 4.74 Å². The van der Waals surface area contributed by atoms with Crippen molar-refractivity contribution in [3.63, 3.8) is 0 Å². The molecule has 1 heterocycles. The summed E-state index contributed by atoms with van der Waals surface area (Å²) in [6, 6.07) is 23.4. The first-order valence-corrected chi connectivity index (χ1v) is 15.5. The van der Waals surface area contributed by atoms with Crippen molar-refractivity contribution >= 4 is 11.7 Å². The third kappa shape index (κ3) is 6.22. The average molecular weight is 590 g/mol. The zero-order valence-electron chi connectivity index (χ0n) is 24.3. The van der Waals surface area contributed by atoms with Crippen molar-refractivity contribution in [1.82, 2.24) is 4.90 Å². The van der Waals surface area contributed by atoms with Gasteiger partial charge in [-0.1, -0.05) is 61.0 Å². The number of halogens is 3. The summed E-state index contributed by atoms with van der Waals surface area (Å²) in [6.45, 7) is 1.48. The lowest BCUT2D eigenvalue weighted by Gasteiger charge is -2.47. The number of benzene rings is 3. The quantitative estimate of drug-likeness (QED) is 0.270. The van der Waals surface area contributed by atoms with Gasteiger partial charge in [-0.3, -0.25) is 9.59 Å². The fourth-order valence-electron chi connectivity index (χ4n) is 7.28. The maximum atomic E-state index is 14.2. The lowest BCUT2D eigenvalue weighted by molar-refractivity contribution is -0.143. The summed E-state index contributed by atoms with van der Waals surface area (Å²) in [5, 5.41) is 0. The fourth-order valence-corrected chi connectivity index (χ4v) is 7.28. The molecule has 3 aromatic carbocycles. The van der Waals surface area contributed by atoms with Crippen LogP contribution in [0.4, 0.5) is 13.2 Å². The number of ketones is 1. The second-order valence-corrected chi connectivity index (χ2v) is 12.5. The van der Waals surface area contributed by atoms with Crippen LogP contribution in [0.1, 0.15) is 73.1 Å². The third-order valence-electron chi connectivity index (χ3n) is 9.93. The molecule has 3 aliphatic rings. The Kier molecular flexibility index (Phi) is 8.34. The highest BCUT2D eigenvalue weighted by Crippen LogP contribution is 2.47. The van der Waals surface area contributed by atoms with Gasteiger partial charge in [0.2, 0.25) is 5.91 Å². The molecular weight excluding hydrogens is 551 g/mol. The molecule has 1 aliphatic heterocycles. The highest BCUT2D eigenvalue weighted by Gasteiger charge is 2.49. The molecule has 6 rings (SSSR count). The molecule has 2 saturated carbocycles. The number of Topliss-reactive ketones (excluding diaryl/α,β-unsaturated/α-hetero) is 1. The smallest absolute Gasteiger partial charge is 0.416 e. The van der Waals surface area contributed by atoms with Gasteiger partial charge in [-0.15, -0.1) is 0 Å². The van der Waals surface area contributed by atoms with Crippen LogP contribution in [0.15, 0.2) is 78.9 Å². The maximum Gasteiger partial charge on any atom is 0.416 e. The van der Waals surface area contributed by atoms with E-state index in [1.54, 1.807) is 0 Å². The predicted molar refractivity (Wildman–Crippen MR) is 159 cm³/mol. The van der Waals surface area contributed by atoms with Crippen LogP contribution in [0, 0.1) is 11.8 Å². The van der Waals surface area contributed by atoms with Crippen LogP contribution in [-0.2, 0) is 27.6 Å². The first-order chi connectivity index (χ1) is 20.7. The van der Waals surface area contributed by atoms with Gasteiger partial charge in [-0.05, 0) is 85.4 Å². The zero-order valence-corrected chi connectivity index (χ0v) is 24.3. The van der Waals surface area contributed by atoms with E-state index in [1.165, 1.54) is 17.7 Å². The van der Waals surface area contributed by atoms with E-state index in [0.29, 0.717) is 37.6 Å². The van der Waals surface area contributed by atoms with Crippen LogP contribution in [-0.4, -0.2) is 36.3 Å². The number of ether oxygens (including phenoxy) is 1. The van der Waals surface area contributed by atoms with Gasteiger partial charge in [0.1, 0.15) is 11.5 Å². The highest BCUT2D eigenvalue weighted by atomic mass is 19.4. The summed E-state index contributed by atoms with van der Waals surface area (Å²) < 4.78 is 45.1. The largest absolute Gasteiger partial charge is 0.493 e. The Bertz CT molecular complexity index is 1410. The average Bonchev–Trinajstić information content (AvgIpc) is 3.40. The van der Waals surface area contributed by atoms with Gasteiger partial charge in [-0.2, -0.15) is 13.2 Å². The molecule has 3 fully saturated rings. The molecule has 2 aliphatic carbocycles. The number of nitrogens with zero attached hydrogens (tertiary/aromatic N) is 1. The summed E-state index contributed by atoms with van der Waals surface area (Å²) in [5.41, 5.74) is 2.15. The first kappa shape index (κ1) is 29.5. The lowest BCUT2D eigenvalue weighted by atomic mass is 9.63. The van der Waals surface area contributed by atoms with E-state index in [-0.39, 0.29) is 23.7 Å². The van der Waals surface area contributed by atoms with Gasteiger partial charge < -0.3 is 9.64 Å². The molecule has 226 valence electrons. The van der Waals surface area contributed by atoms with E-state index in [1.807, 2.05) is 23.1 Å². The molecule has 0 spiro atoms. The fraction of sp³-hybridized carbons (Fsp3) is 0.444. The Hall–Kier alpha value is -3.61. The topological polar surface area (TPSA) is 46.6 Å². The Morgan fingerprint density at radius 1 is 0.907 bits per heavy atom. The number of amides is 1. The van der Waals surface area contributed by atoms with Gasteiger partial charge >= 0.3 is 6.18 Å².